The normalized spacial score (nSPS) is 11.8. The molecule has 0 aromatic heterocycles. The highest BCUT2D eigenvalue weighted by molar-refractivity contribution is 7.95. The van der Waals surface area contributed by atoms with Crippen molar-refractivity contribution in [1.82, 2.24) is 0 Å². The molecule has 0 aliphatic heterocycles. The van der Waals surface area contributed by atoms with E-state index >= 15 is 0 Å². The second-order valence-electron chi connectivity index (χ2n) is 3.99. The van der Waals surface area contributed by atoms with Crippen LogP contribution in [0.1, 0.15) is 0 Å². The monoisotopic (exact) mass is 362 g/mol. The number of hydrogen-bond donors (Lipinski definition) is 2. The van der Waals surface area contributed by atoms with Crippen LogP contribution in [0.25, 0.3) is 0 Å². The minimum absolute atomic E-state index is 0.537. The first kappa shape index (κ1) is 16.9. The summed E-state index contributed by atoms with van der Waals surface area (Å²) >= 11 is 0. The molecule has 124 valence electrons. The molecule has 0 spiro atoms. The molecular formula is C12H10O9S2. The first-order valence-electron chi connectivity index (χ1n) is 5.84. The lowest BCUT2D eigenvalue weighted by Gasteiger charge is -2.09. The van der Waals surface area contributed by atoms with Gasteiger partial charge in [-0.15, -0.1) is 0 Å². The Morgan fingerprint density at radius 2 is 1.00 bits per heavy atom. The average molecular weight is 362 g/mol. The predicted molar refractivity (Wildman–Crippen MR) is 76.4 cm³/mol. The third-order valence-electron chi connectivity index (χ3n) is 2.28. The van der Waals surface area contributed by atoms with Crippen LogP contribution in [-0.2, 0) is 24.4 Å². The van der Waals surface area contributed by atoms with Gasteiger partial charge in [0.1, 0.15) is 0 Å². The fourth-order valence-corrected chi connectivity index (χ4v) is 3.17. The van der Waals surface area contributed by atoms with Crippen molar-refractivity contribution >= 4 is 20.8 Å². The zero-order valence-electron chi connectivity index (χ0n) is 11.2. The molecule has 0 aliphatic rings. The van der Waals surface area contributed by atoms with Crippen LogP contribution in [0.5, 0.6) is 23.0 Å². The van der Waals surface area contributed by atoms with Crippen LogP contribution in [0.3, 0.4) is 0 Å². The summed E-state index contributed by atoms with van der Waals surface area (Å²) < 4.78 is 58.7. The highest BCUT2D eigenvalue weighted by Gasteiger charge is 2.28. The van der Waals surface area contributed by atoms with Crippen LogP contribution in [0.15, 0.2) is 48.5 Å². The molecule has 2 rings (SSSR count). The Bertz CT molecular complexity index is 828. The molecule has 0 aliphatic carbocycles. The molecule has 2 N–H and O–H groups in total. The van der Waals surface area contributed by atoms with Gasteiger partial charge < -0.3 is 18.6 Å². The van der Waals surface area contributed by atoms with Crippen molar-refractivity contribution in [2.24, 2.45) is 0 Å². The standard InChI is InChI=1S/C12H10O9S2/c13-9-5-1-3-7-11(9)19-22(15,16)21-23(17,18)20-12-8-4-2-6-10(12)14/h1-8,13-14H. The zero-order chi connectivity index (χ0) is 17.1. The summed E-state index contributed by atoms with van der Waals surface area (Å²) in [5, 5.41) is 18.8. The second-order valence-corrected chi connectivity index (χ2v) is 6.50. The molecule has 0 atom stereocenters. The van der Waals surface area contributed by atoms with Crippen LogP contribution in [0, 0.1) is 0 Å². The van der Waals surface area contributed by atoms with Gasteiger partial charge >= 0.3 is 20.8 Å². The molecule has 0 saturated carbocycles. The third kappa shape index (κ3) is 4.74. The van der Waals surface area contributed by atoms with Gasteiger partial charge in [0.05, 0.1) is 0 Å². The first-order chi connectivity index (χ1) is 10.7. The molecule has 0 unspecified atom stereocenters. The van der Waals surface area contributed by atoms with Gasteiger partial charge in [-0.25, -0.2) is 0 Å². The Morgan fingerprint density at radius 3 is 1.35 bits per heavy atom. The molecule has 0 radical (unpaired) electrons. The zero-order valence-corrected chi connectivity index (χ0v) is 12.8. The summed E-state index contributed by atoms with van der Waals surface area (Å²) in [6.07, 6.45) is 0. The maximum absolute atomic E-state index is 11.6. The lowest BCUT2D eigenvalue weighted by atomic mass is 10.3. The van der Waals surface area contributed by atoms with Crippen LogP contribution >= 0.6 is 0 Å². The number of hydrogen-bond acceptors (Lipinski definition) is 9. The van der Waals surface area contributed by atoms with Gasteiger partial charge in [0.25, 0.3) is 0 Å². The van der Waals surface area contributed by atoms with Crippen molar-refractivity contribution in [2.75, 3.05) is 0 Å². The summed E-state index contributed by atoms with van der Waals surface area (Å²) in [6.45, 7) is 0. The van der Waals surface area contributed by atoms with Crippen LogP contribution < -0.4 is 8.37 Å². The molecular weight excluding hydrogens is 352 g/mol. The van der Waals surface area contributed by atoms with Gasteiger partial charge in [-0.3, -0.25) is 0 Å². The Kier molecular flexibility index (Phi) is 4.63. The maximum Gasteiger partial charge on any atom is 0.466 e. The molecule has 23 heavy (non-hydrogen) atoms. The summed E-state index contributed by atoms with van der Waals surface area (Å²) in [6, 6.07) is 9.88. The van der Waals surface area contributed by atoms with Crippen molar-refractivity contribution in [3.8, 4) is 23.0 Å². The number of rotatable bonds is 6. The van der Waals surface area contributed by atoms with Gasteiger partial charge in [0.15, 0.2) is 23.0 Å². The van der Waals surface area contributed by atoms with E-state index in [0.29, 0.717) is 0 Å². The van der Waals surface area contributed by atoms with Gasteiger partial charge in [-0.2, -0.15) is 16.8 Å². The van der Waals surface area contributed by atoms with E-state index in [1.54, 1.807) is 0 Å². The first-order valence-corrected chi connectivity index (χ1v) is 8.51. The van der Waals surface area contributed by atoms with Crippen molar-refractivity contribution in [1.29, 1.82) is 0 Å². The topological polar surface area (TPSA) is 136 Å². The van der Waals surface area contributed by atoms with Crippen LogP contribution in [-0.4, -0.2) is 27.0 Å². The molecule has 0 amide bonds. The van der Waals surface area contributed by atoms with E-state index in [-0.39, 0.29) is 0 Å². The minimum atomic E-state index is -5.10. The summed E-state index contributed by atoms with van der Waals surface area (Å²) in [5.41, 5.74) is 0. The molecule has 11 heteroatoms. The lowest BCUT2D eigenvalue weighted by molar-refractivity contribution is 0.339. The number of aromatic hydroxyl groups is 2. The highest BCUT2D eigenvalue weighted by Crippen LogP contribution is 2.28. The van der Waals surface area contributed by atoms with Crippen molar-refractivity contribution in [2.45, 2.75) is 0 Å². The number of phenols is 2. The molecule has 0 saturated heterocycles. The van der Waals surface area contributed by atoms with E-state index in [0.717, 1.165) is 24.3 Å². The summed E-state index contributed by atoms with van der Waals surface area (Å²) in [5.74, 6) is -2.16. The van der Waals surface area contributed by atoms with Gasteiger partial charge in [0.2, 0.25) is 0 Å². The Labute approximate surface area is 132 Å². The van der Waals surface area contributed by atoms with E-state index in [1.807, 2.05) is 0 Å². The Balaban J connectivity index is 2.16. The average Bonchev–Trinajstić information content (AvgIpc) is 2.42. The van der Waals surface area contributed by atoms with E-state index in [2.05, 4.69) is 12.0 Å². The SMILES string of the molecule is O=S(=O)(Oc1ccccc1O)OS(=O)(=O)Oc1ccccc1O. The lowest BCUT2D eigenvalue weighted by Crippen LogP contribution is -2.22. The van der Waals surface area contributed by atoms with Crippen molar-refractivity contribution in [3.63, 3.8) is 0 Å². The van der Waals surface area contributed by atoms with Crippen LogP contribution in [0.2, 0.25) is 0 Å². The van der Waals surface area contributed by atoms with E-state index in [9.17, 15) is 27.0 Å². The molecule has 0 bridgehead atoms. The molecule has 2 aromatic rings. The second kappa shape index (κ2) is 6.32. The molecule has 9 nitrogen and oxygen atoms in total. The smallest absolute Gasteiger partial charge is 0.466 e. The largest absolute Gasteiger partial charge is 0.504 e. The highest BCUT2D eigenvalue weighted by atomic mass is 32.3. The van der Waals surface area contributed by atoms with Gasteiger partial charge in [-0.05, 0) is 24.3 Å². The molecule has 0 heterocycles. The Morgan fingerprint density at radius 1 is 0.652 bits per heavy atom. The minimum Gasteiger partial charge on any atom is -0.504 e. The number of phenolic OH excluding ortho intramolecular Hbond substituents is 2. The predicted octanol–water partition coefficient (Wildman–Crippen LogP) is 1.06. The van der Waals surface area contributed by atoms with Gasteiger partial charge in [0, 0.05) is 0 Å². The van der Waals surface area contributed by atoms with E-state index in [4.69, 9.17) is 0 Å². The van der Waals surface area contributed by atoms with E-state index in [1.165, 1.54) is 24.3 Å². The summed E-state index contributed by atoms with van der Waals surface area (Å²) in [7, 11) is -10.2. The fourth-order valence-electron chi connectivity index (χ4n) is 1.41. The molecule has 2 aromatic carbocycles. The molecule has 0 fully saturated rings. The van der Waals surface area contributed by atoms with Crippen molar-refractivity contribution < 1.29 is 39.0 Å². The number of para-hydroxylation sites is 4. The maximum atomic E-state index is 11.6. The summed E-state index contributed by atoms with van der Waals surface area (Å²) in [4.78, 5) is 0. The van der Waals surface area contributed by atoms with Crippen molar-refractivity contribution in [3.05, 3.63) is 48.5 Å². The van der Waals surface area contributed by atoms with E-state index < -0.39 is 43.8 Å². The third-order valence-corrected chi connectivity index (χ3v) is 4.38. The van der Waals surface area contributed by atoms with Gasteiger partial charge in [-0.1, -0.05) is 27.9 Å². The Hall–Kier alpha value is -2.50. The fraction of sp³-hybridized carbons (Fsp3) is 0. The van der Waals surface area contributed by atoms with Crippen LogP contribution in [0.4, 0.5) is 0 Å². The quantitative estimate of drug-likeness (QED) is 0.772. The number of benzene rings is 2.